The standard InChI is InChI=1S/C21H42O2/c1-4-7-9-10-11-12-13-14-15-17-19-20(18-16-8-5-2)23-21(22)6-3/h20H,4-19H2,1-3H3. The van der Waals surface area contributed by atoms with E-state index in [1.54, 1.807) is 0 Å². The van der Waals surface area contributed by atoms with Crippen LogP contribution in [0.15, 0.2) is 0 Å². The van der Waals surface area contributed by atoms with Gasteiger partial charge < -0.3 is 4.74 Å². The largest absolute Gasteiger partial charge is 0.462 e. The molecule has 0 amide bonds. The van der Waals surface area contributed by atoms with Gasteiger partial charge in [-0.2, -0.15) is 0 Å². The van der Waals surface area contributed by atoms with E-state index in [0.29, 0.717) is 6.42 Å². The van der Waals surface area contributed by atoms with Gasteiger partial charge in [0.15, 0.2) is 0 Å². The predicted octanol–water partition coefficient (Wildman–Crippen LogP) is 7.20. The number of unbranched alkanes of at least 4 members (excludes halogenated alkanes) is 11. The van der Waals surface area contributed by atoms with Crippen molar-refractivity contribution in [3.63, 3.8) is 0 Å². The molecule has 0 aromatic rings. The Morgan fingerprint density at radius 2 is 1.04 bits per heavy atom. The lowest BCUT2D eigenvalue weighted by molar-refractivity contribution is -0.149. The monoisotopic (exact) mass is 326 g/mol. The first-order valence-electron chi connectivity index (χ1n) is 10.4. The average molecular weight is 327 g/mol. The third-order valence-corrected chi connectivity index (χ3v) is 4.60. The fraction of sp³-hybridized carbons (Fsp3) is 0.952. The lowest BCUT2D eigenvalue weighted by Crippen LogP contribution is -2.17. The summed E-state index contributed by atoms with van der Waals surface area (Å²) in [5, 5.41) is 0. The maximum absolute atomic E-state index is 11.5. The minimum absolute atomic E-state index is 0.0291. The van der Waals surface area contributed by atoms with Gasteiger partial charge in [-0.1, -0.05) is 91.4 Å². The normalized spacial score (nSPS) is 12.3. The minimum Gasteiger partial charge on any atom is -0.462 e. The first-order valence-corrected chi connectivity index (χ1v) is 10.4. The van der Waals surface area contributed by atoms with Gasteiger partial charge in [-0.05, 0) is 25.7 Å². The molecule has 2 heteroatoms. The zero-order chi connectivity index (χ0) is 17.2. The van der Waals surface area contributed by atoms with E-state index in [9.17, 15) is 4.79 Å². The van der Waals surface area contributed by atoms with Crippen molar-refractivity contribution in [2.24, 2.45) is 0 Å². The Balaban J connectivity index is 3.58. The van der Waals surface area contributed by atoms with Crippen molar-refractivity contribution in [2.45, 2.75) is 130 Å². The Morgan fingerprint density at radius 3 is 1.52 bits per heavy atom. The molecule has 0 rings (SSSR count). The van der Waals surface area contributed by atoms with E-state index in [-0.39, 0.29) is 12.1 Å². The first kappa shape index (κ1) is 22.5. The molecule has 1 atom stereocenters. The van der Waals surface area contributed by atoms with Crippen LogP contribution in [0, 0.1) is 0 Å². The number of rotatable bonds is 17. The number of ether oxygens (including phenoxy) is 1. The lowest BCUT2D eigenvalue weighted by Gasteiger charge is -2.17. The van der Waals surface area contributed by atoms with Crippen molar-refractivity contribution in [3.8, 4) is 0 Å². The van der Waals surface area contributed by atoms with Crippen molar-refractivity contribution < 1.29 is 9.53 Å². The van der Waals surface area contributed by atoms with Crippen LogP contribution in [0.2, 0.25) is 0 Å². The van der Waals surface area contributed by atoms with Gasteiger partial charge in [-0.3, -0.25) is 4.79 Å². The fourth-order valence-electron chi connectivity index (χ4n) is 3.01. The van der Waals surface area contributed by atoms with E-state index in [1.807, 2.05) is 6.92 Å². The maximum atomic E-state index is 11.5. The Bertz CT molecular complexity index is 250. The van der Waals surface area contributed by atoms with Gasteiger partial charge in [0.05, 0.1) is 0 Å². The second-order valence-electron chi connectivity index (χ2n) is 6.93. The molecule has 0 aliphatic heterocycles. The molecule has 1 unspecified atom stereocenters. The predicted molar refractivity (Wildman–Crippen MR) is 101 cm³/mol. The van der Waals surface area contributed by atoms with E-state index in [0.717, 1.165) is 12.8 Å². The molecular weight excluding hydrogens is 284 g/mol. The van der Waals surface area contributed by atoms with E-state index in [1.165, 1.54) is 83.5 Å². The zero-order valence-electron chi connectivity index (χ0n) is 16.2. The second-order valence-corrected chi connectivity index (χ2v) is 6.93. The molecule has 23 heavy (non-hydrogen) atoms. The lowest BCUT2D eigenvalue weighted by atomic mass is 10.0. The third-order valence-electron chi connectivity index (χ3n) is 4.60. The highest BCUT2D eigenvalue weighted by Crippen LogP contribution is 2.17. The molecule has 0 fully saturated rings. The van der Waals surface area contributed by atoms with Gasteiger partial charge >= 0.3 is 5.97 Å². The minimum atomic E-state index is -0.0291. The summed E-state index contributed by atoms with van der Waals surface area (Å²) < 4.78 is 5.59. The summed E-state index contributed by atoms with van der Waals surface area (Å²) in [6.07, 6.45) is 20.1. The molecule has 0 aliphatic carbocycles. The quantitative estimate of drug-likeness (QED) is 0.209. The van der Waals surface area contributed by atoms with Crippen LogP contribution in [0.1, 0.15) is 124 Å². The molecule has 0 heterocycles. The van der Waals surface area contributed by atoms with Crippen molar-refractivity contribution in [2.75, 3.05) is 0 Å². The molecule has 0 aromatic heterocycles. The highest BCUT2D eigenvalue weighted by atomic mass is 16.5. The first-order chi connectivity index (χ1) is 11.2. The average Bonchev–Trinajstić information content (AvgIpc) is 2.56. The van der Waals surface area contributed by atoms with Crippen LogP contribution in [0.5, 0.6) is 0 Å². The van der Waals surface area contributed by atoms with Gasteiger partial charge in [0.1, 0.15) is 6.10 Å². The van der Waals surface area contributed by atoms with Crippen LogP contribution in [0.4, 0.5) is 0 Å². The van der Waals surface area contributed by atoms with Crippen molar-refractivity contribution in [1.82, 2.24) is 0 Å². The fourth-order valence-corrected chi connectivity index (χ4v) is 3.01. The molecule has 0 aliphatic rings. The molecule has 0 saturated carbocycles. The number of carbonyl (C=O) groups excluding carboxylic acids is 1. The summed E-state index contributed by atoms with van der Waals surface area (Å²) in [5.41, 5.74) is 0. The highest BCUT2D eigenvalue weighted by molar-refractivity contribution is 5.69. The number of carbonyl (C=O) groups is 1. The van der Waals surface area contributed by atoms with E-state index in [2.05, 4.69) is 13.8 Å². The molecule has 2 nitrogen and oxygen atoms in total. The second kappa shape index (κ2) is 17.8. The van der Waals surface area contributed by atoms with E-state index >= 15 is 0 Å². The molecule has 0 aromatic carbocycles. The molecule has 0 radical (unpaired) electrons. The summed E-state index contributed by atoms with van der Waals surface area (Å²) in [5.74, 6) is -0.0291. The van der Waals surface area contributed by atoms with E-state index < -0.39 is 0 Å². The topological polar surface area (TPSA) is 26.3 Å². The Hall–Kier alpha value is -0.530. The van der Waals surface area contributed by atoms with Crippen LogP contribution in [-0.4, -0.2) is 12.1 Å². The van der Waals surface area contributed by atoms with Crippen LogP contribution in [0.25, 0.3) is 0 Å². The Labute approximate surface area is 145 Å². The number of hydrogen-bond acceptors (Lipinski definition) is 2. The van der Waals surface area contributed by atoms with Gasteiger partial charge in [0, 0.05) is 6.42 Å². The summed E-state index contributed by atoms with van der Waals surface area (Å²) in [6.45, 7) is 6.37. The maximum Gasteiger partial charge on any atom is 0.305 e. The van der Waals surface area contributed by atoms with Gasteiger partial charge in [-0.15, -0.1) is 0 Å². The number of esters is 1. The zero-order valence-corrected chi connectivity index (χ0v) is 16.2. The molecular formula is C21H42O2. The highest BCUT2D eigenvalue weighted by Gasteiger charge is 2.12. The van der Waals surface area contributed by atoms with E-state index in [4.69, 9.17) is 4.74 Å². The molecule has 0 spiro atoms. The van der Waals surface area contributed by atoms with Gasteiger partial charge in [0.2, 0.25) is 0 Å². The Kier molecular flexibility index (Phi) is 17.4. The Morgan fingerprint density at radius 1 is 0.652 bits per heavy atom. The van der Waals surface area contributed by atoms with Gasteiger partial charge in [-0.25, -0.2) is 0 Å². The van der Waals surface area contributed by atoms with Crippen LogP contribution < -0.4 is 0 Å². The van der Waals surface area contributed by atoms with Crippen LogP contribution in [0.3, 0.4) is 0 Å². The summed E-state index contributed by atoms with van der Waals surface area (Å²) in [6, 6.07) is 0. The molecule has 138 valence electrons. The van der Waals surface area contributed by atoms with Crippen LogP contribution >= 0.6 is 0 Å². The number of hydrogen-bond donors (Lipinski definition) is 0. The summed E-state index contributed by atoms with van der Waals surface area (Å²) in [4.78, 5) is 11.5. The molecule has 0 saturated heterocycles. The van der Waals surface area contributed by atoms with Crippen molar-refractivity contribution in [3.05, 3.63) is 0 Å². The molecule has 0 bridgehead atoms. The third kappa shape index (κ3) is 16.1. The SMILES string of the molecule is CCCCCCCCCCCCC(CCCCC)OC(=O)CC. The summed E-state index contributed by atoms with van der Waals surface area (Å²) >= 11 is 0. The molecule has 0 N–H and O–H groups in total. The van der Waals surface area contributed by atoms with Crippen molar-refractivity contribution >= 4 is 5.97 Å². The van der Waals surface area contributed by atoms with Gasteiger partial charge in [0.25, 0.3) is 0 Å². The van der Waals surface area contributed by atoms with Crippen molar-refractivity contribution in [1.29, 1.82) is 0 Å². The smallest absolute Gasteiger partial charge is 0.305 e. The van der Waals surface area contributed by atoms with Crippen LogP contribution in [-0.2, 0) is 9.53 Å². The summed E-state index contributed by atoms with van der Waals surface area (Å²) in [7, 11) is 0.